The Bertz CT molecular complexity index is 1190. The van der Waals surface area contributed by atoms with Gasteiger partial charge >= 0.3 is 0 Å². The van der Waals surface area contributed by atoms with Crippen molar-refractivity contribution < 1.29 is 9.68 Å². The minimum atomic E-state index is -0.0600. The van der Waals surface area contributed by atoms with Crippen LogP contribution >= 0.6 is 0 Å². The lowest BCUT2D eigenvalue weighted by atomic mass is 9.69. The fourth-order valence-corrected chi connectivity index (χ4v) is 9.66. The summed E-state index contributed by atoms with van der Waals surface area (Å²) in [5.74, 6) is 0.915. The highest BCUT2D eigenvalue weighted by molar-refractivity contribution is 5.85. The molecule has 0 radical (unpaired) electrons. The third-order valence-electron chi connectivity index (χ3n) is 11.2. The maximum absolute atomic E-state index is 6.66. The molecule has 268 valence electrons. The second-order valence-corrected chi connectivity index (χ2v) is 17.7. The van der Waals surface area contributed by atoms with Crippen molar-refractivity contribution in [3.05, 3.63) is 35.5 Å². The van der Waals surface area contributed by atoms with Crippen molar-refractivity contribution in [3.63, 3.8) is 0 Å². The van der Waals surface area contributed by atoms with Gasteiger partial charge in [0.25, 0.3) is 0 Å². The summed E-state index contributed by atoms with van der Waals surface area (Å²) in [5.41, 5.74) is 4.08. The van der Waals surface area contributed by atoms with Gasteiger partial charge in [-0.05, 0) is 111 Å². The fraction of sp³-hybridized carbons (Fsp3) is 0.810. The molecular formula is C42H73N3O2. The standard InChI is InChI=1S/C42H73N3O2/c1-11-13-15-17-19-23-27-46-44-39(3,4)29-33(30-40(44,5)6)37-35-25-21-22-26-36(35)43-38(37)34-31-41(7,8)45(42(9,10)32-34)47-28-24-20-18-16-14-12-2/h21-22,25-26,33-34,43H,11-20,23-24,27-32H2,1-10H3. The molecule has 5 nitrogen and oxygen atoms in total. The number of hydrogen-bond donors (Lipinski definition) is 1. The van der Waals surface area contributed by atoms with E-state index in [2.05, 4.69) is 109 Å². The van der Waals surface area contributed by atoms with E-state index in [4.69, 9.17) is 9.68 Å². The lowest BCUT2D eigenvalue weighted by Gasteiger charge is -2.55. The number of aromatic amines is 1. The highest BCUT2D eigenvalue weighted by atomic mass is 16.7. The summed E-state index contributed by atoms with van der Waals surface area (Å²) >= 11 is 0. The molecule has 2 fully saturated rings. The van der Waals surface area contributed by atoms with Crippen LogP contribution in [-0.4, -0.2) is 50.5 Å². The van der Waals surface area contributed by atoms with Crippen molar-refractivity contribution in [1.29, 1.82) is 0 Å². The minimum Gasteiger partial charge on any atom is -0.358 e. The third-order valence-corrected chi connectivity index (χ3v) is 11.2. The van der Waals surface area contributed by atoms with Gasteiger partial charge in [0.05, 0.1) is 13.2 Å². The lowest BCUT2D eigenvalue weighted by molar-refractivity contribution is -0.284. The molecule has 0 aliphatic carbocycles. The number of nitrogens with one attached hydrogen (secondary N) is 1. The van der Waals surface area contributed by atoms with Gasteiger partial charge in [-0.2, -0.15) is 10.1 Å². The quantitative estimate of drug-likeness (QED) is 0.163. The maximum atomic E-state index is 6.66. The van der Waals surface area contributed by atoms with Gasteiger partial charge in [-0.25, -0.2) is 0 Å². The molecule has 0 spiro atoms. The number of H-pyrrole nitrogens is 1. The molecule has 1 N–H and O–H groups in total. The summed E-state index contributed by atoms with van der Waals surface area (Å²) in [6.07, 6.45) is 19.8. The van der Waals surface area contributed by atoms with Crippen molar-refractivity contribution in [1.82, 2.24) is 15.1 Å². The van der Waals surface area contributed by atoms with Gasteiger partial charge in [-0.3, -0.25) is 9.68 Å². The average molecular weight is 652 g/mol. The highest BCUT2D eigenvalue weighted by Gasteiger charge is 2.50. The van der Waals surface area contributed by atoms with Crippen LogP contribution in [0.2, 0.25) is 0 Å². The number of hydroxylamine groups is 4. The molecule has 47 heavy (non-hydrogen) atoms. The number of unbranched alkanes of at least 4 members (excludes halogenated alkanes) is 10. The van der Waals surface area contributed by atoms with Crippen molar-refractivity contribution in [2.75, 3.05) is 13.2 Å². The summed E-state index contributed by atoms with van der Waals surface area (Å²) in [5, 5.41) is 6.16. The zero-order valence-corrected chi connectivity index (χ0v) is 32.4. The molecule has 0 atom stereocenters. The molecule has 5 heteroatoms. The lowest BCUT2D eigenvalue weighted by Crippen LogP contribution is -2.60. The largest absolute Gasteiger partial charge is 0.358 e. The molecule has 1 aromatic carbocycles. The Morgan fingerprint density at radius 1 is 0.574 bits per heavy atom. The van der Waals surface area contributed by atoms with E-state index in [-0.39, 0.29) is 22.2 Å². The van der Waals surface area contributed by atoms with E-state index in [1.165, 1.54) is 80.8 Å². The predicted molar refractivity (Wildman–Crippen MR) is 201 cm³/mol. The van der Waals surface area contributed by atoms with Gasteiger partial charge < -0.3 is 4.98 Å². The van der Waals surface area contributed by atoms with Crippen molar-refractivity contribution in [3.8, 4) is 0 Å². The predicted octanol–water partition coefficient (Wildman–Crippen LogP) is 12.2. The van der Waals surface area contributed by atoms with E-state index in [0.29, 0.717) is 11.8 Å². The summed E-state index contributed by atoms with van der Waals surface area (Å²) < 4.78 is 0. The molecule has 3 heterocycles. The Morgan fingerprint density at radius 3 is 1.45 bits per heavy atom. The molecule has 2 saturated heterocycles. The Labute approximate surface area is 289 Å². The summed E-state index contributed by atoms with van der Waals surface area (Å²) in [4.78, 5) is 17.3. The number of para-hydroxylation sites is 1. The van der Waals surface area contributed by atoms with Gasteiger partial charge in [0.1, 0.15) is 0 Å². The molecular weight excluding hydrogens is 578 g/mol. The van der Waals surface area contributed by atoms with Crippen LogP contribution in [-0.2, 0) is 9.68 Å². The van der Waals surface area contributed by atoms with Gasteiger partial charge in [0, 0.05) is 44.7 Å². The maximum Gasteiger partial charge on any atom is 0.0685 e. The first kappa shape index (κ1) is 38.4. The second kappa shape index (κ2) is 16.5. The van der Waals surface area contributed by atoms with E-state index in [9.17, 15) is 0 Å². The van der Waals surface area contributed by atoms with E-state index < -0.39 is 0 Å². The van der Waals surface area contributed by atoms with Crippen LogP contribution < -0.4 is 0 Å². The Hall–Kier alpha value is -1.40. The van der Waals surface area contributed by atoms with Crippen molar-refractivity contribution in [2.24, 2.45) is 0 Å². The number of fused-ring (bicyclic) bond motifs is 1. The number of hydrogen-bond acceptors (Lipinski definition) is 4. The molecule has 0 saturated carbocycles. The number of benzene rings is 1. The van der Waals surface area contributed by atoms with Crippen LogP contribution in [0.1, 0.15) is 195 Å². The average Bonchev–Trinajstić information content (AvgIpc) is 3.37. The summed E-state index contributed by atoms with van der Waals surface area (Å²) in [6, 6.07) is 9.06. The van der Waals surface area contributed by atoms with Crippen LogP contribution in [0.3, 0.4) is 0 Å². The SMILES string of the molecule is CCCCCCCCON1C(C)(C)CC(c2[nH]c3ccccc3c2C2CC(C)(C)N(OCCCCCCCC)C(C)(C)C2)CC1(C)C. The Balaban J connectivity index is 1.51. The first-order valence-corrected chi connectivity index (χ1v) is 19.7. The molecule has 2 aliphatic heterocycles. The normalized spacial score (nSPS) is 21.9. The summed E-state index contributed by atoms with van der Waals surface area (Å²) in [7, 11) is 0. The van der Waals surface area contributed by atoms with E-state index in [1.807, 2.05) is 0 Å². The van der Waals surface area contributed by atoms with Gasteiger partial charge in [-0.15, -0.1) is 0 Å². The van der Waals surface area contributed by atoms with Crippen LogP contribution in [0.25, 0.3) is 10.9 Å². The minimum absolute atomic E-state index is 0.0590. The molecule has 0 unspecified atom stereocenters. The second-order valence-electron chi connectivity index (χ2n) is 17.7. The Morgan fingerprint density at radius 2 is 0.979 bits per heavy atom. The van der Waals surface area contributed by atoms with E-state index in [0.717, 1.165) is 51.7 Å². The monoisotopic (exact) mass is 652 g/mol. The van der Waals surface area contributed by atoms with Crippen molar-refractivity contribution >= 4 is 10.9 Å². The molecule has 1 aromatic heterocycles. The number of rotatable bonds is 18. The van der Waals surface area contributed by atoms with Crippen molar-refractivity contribution in [2.45, 2.75) is 206 Å². The van der Waals surface area contributed by atoms with Crippen LogP contribution in [0.15, 0.2) is 24.3 Å². The molecule has 4 rings (SSSR count). The van der Waals surface area contributed by atoms with Gasteiger partial charge in [-0.1, -0.05) is 96.3 Å². The van der Waals surface area contributed by atoms with E-state index in [1.54, 1.807) is 5.56 Å². The highest BCUT2D eigenvalue weighted by Crippen LogP contribution is 2.52. The first-order valence-electron chi connectivity index (χ1n) is 19.7. The van der Waals surface area contributed by atoms with E-state index >= 15 is 0 Å². The van der Waals surface area contributed by atoms with Crippen LogP contribution in [0.5, 0.6) is 0 Å². The zero-order chi connectivity index (χ0) is 34.3. The third kappa shape index (κ3) is 9.65. The molecule has 0 amide bonds. The summed E-state index contributed by atoms with van der Waals surface area (Å²) in [6.45, 7) is 25.4. The number of piperidine rings is 2. The van der Waals surface area contributed by atoms with Gasteiger partial charge in [0.15, 0.2) is 0 Å². The zero-order valence-electron chi connectivity index (χ0n) is 32.4. The number of nitrogens with zero attached hydrogens (tertiary/aromatic N) is 2. The Kier molecular flexibility index (Phi) is 13.5. The molecule has 2 aliphatic rings. The smallest absolute Gasteiger partial charge is 0.0685 e. The molecule has 2 aromatic rings. The topological polar surface area (TPSA) is 40.7 Å². The van der Waals surface area contributed by atoms with Crippen LogP contribution in [0, 0.1) is 0 Å². The number of aromatic nitrogens is 1. The fourth-order valence-electron chi connectivity index (χ4n) is 9.66. The van der Waals surface area contributed by atoms with Crippen LogP contribution in [0.4, 0.5) is 0 Å². The first-order chi connectivity index (χ1) is 22.2. The molecule has 0 bridgehead atoms. The van der Waals surface area contributed by atoms with Gasteiger partial charge in [0.2, 0.25) is 0 Å².